The van der Waals surface area contributed by atoms with Gasteiger partial charge in [-0.15, -0.1) is 0 Å². The summed E-state index contributed by atoms with van der Waals surface area (Å²) in [6.45, 7) is 7.65. The summed E-state index contributed by atoms with van der Waals surface area (Å²) in [6.07, 6.45) is -0.521. The Morgan fingerprint density at radius 3 is 2.43 bits per heavy atom. The first-order chi connectivity index (χ1) is 9.69. The van der Waals surface area contributed by atoms with E-state index in [1.165, 1.54) is 0 Å². The zero-order chi connectivity index (χ0) is 16.0. The van der Waals surface area contributed by atoms with Gasteiger partial charge in [-0.05, 0) is 39.8 Å². The molecule has 0 fully saturated rings. The summed E-state index contributed by atoms with van der Waals surface area (Å²) >= 11 is 5.90. The molecule has 21 heavy (non-hydrogen) atoms. The third kappa shape index (κ3) is 6.44. The van der Waals surface area contributed by atoms with Gasteiger partial charge in [-0.2, -0.15) is 0 Å². The smallest absolute Gasteiger partial charge is 0.407 e. The zero-order valence-corrected chi connectivity index (χ0v) is 13.4. The average Bonchev–Trinajstić information content (AvgIpc) is 2.32. The van der Waals surface area contributed by atoms with E-state index in [1.54, 1.807) is 39.8 Å². The van der Waals surface area contributed by atoms with Crippen molar-refractivity contribution in [2.75, 3.05) is 13.1 Å². The van der Waals surface area contributed by atoms with E-state index in [2.05, 4.69) is 15.6 Å². The van der Waals surface area contributed by atoms with E-state index < -0.39 is 11.7 Å². The minimum atomic E-state index is -0.547. The minimum absolute atomic E-state index is 0.160. The Morgan fingerprint density at radius 2 is 1.86 bits per heavy atom. The van der Waals surface area contributed by atoms with Crippen molar-refractivity contribution in [3.63, 3.8) is 0 Å². The highest BCUT2D eigenvalue weighted by Crippen LogP contribution is 2.13. The second kappa shape index (κ2) is 7.26. The third-order valence-electron chi connectivity index (χ3n) is 2.31. The quantitative estimate of drug-likeness (QED) is 0.660. The number of ether oxygens (including phenoxy) is 1. The molecule has 2 amide bonds. The number of amides is 2. The monoisotopic (exact) mass is 313 g/mol. The normalized spacial score (nSPS) is 10.9. The Labute approximate surface area is 129 Å². The number of hydrogen-bond donors (Lipinski definition) is 2. The van der Waals surface area contributed by atoms with Gasteiger partial charge in [0, 0.05) is 18.8 Å². The molecule has 0 aromatic carbocycles. The number of carbonyl (C=O) groups excluding carboxylic acids is 2. The Balaban J connectivity index is 2.36. The van der Waals surface area contributed by atoms with Gasteiger partial charge in [0.25, 0.3) is 5.91 Å². The number of carbonyl (C=O) groups is 2. The number of nitrogens with one attached hydrogen (secondary N) is 2. The van der Waals surface area contributed by atoms with Crippen LogP contribution in [0.25, 0.3) is 0 Å². The van der Waals surface area contributed by atoms with E-state index >= 15 is 0 Å². The lowest BCUT2D eigenvalue weighted by Gasteiger charge is -2.19. The molecule has 0 radical (unpaired) electrons. The first-order valence-corrected chi connectivity index (χ1v) is 6.95. The van der Waals surface area contributed by atoms with Gasteiger partial charge in [-0.1, -0.05) is 11.6 Å². The minimum Gasteiger partial charge on any atom is -0.444 e. The van der Waals surface area contributed by atoms with Crippen molar-refractivity contribution in [1.29, 1.82) is 0 Å². The molecule has 0 bridgehead atoms. The van der Waals surface area contributed by atoms with Crippen LogP contribution < -0.4 is 10.6 Å². The van der Waals surface area contributed by atoms with Crippen LogP contribution in [0.1, 0.15) is 36.8 Å². The number of pyridine rings is 1. The van der Waals surface area contributed by atoms with Crippen molar-refractivity contribution in [3.05, 3.63) is 28.5 Å². The molecule has 0 saturated heterocycles. The first-order valence-electron chi connectivity index (χ1n) is 6.57. The summed E-state index contributed by atoms with van der Waals surface area (Å²) in [5.74, 6) is -0.335. The van der Waals surface area contributed by atoms with E-state index in [9.17, 15) is 9.59 Å². The van der Waals surface area contributed by atoms with Gasteiger partial charge in [-0.25, -0.2) is 9.78 Å². The summed E-state index contributed by atoms with van der Waals surface area (Å²) in [5.41, 5.74) is 0.497. The molecule has 0 atom stereocenters. The second-order valence-corrected chi connectivity index (χ2v) is 5.83. The van der Waals surface area contributed by atoms with Crippen LogP contribution in [0.3, 0.4) is 0 Å². The molecule has 7 heteroatoms. The molecule has 116 valence electrons. The van der Waals surface area contributed by atoms with Crippen molar-refractivity contribution in [3.8, 4) is 0 Å². The van der Waals surface area contributed by atoms with E-state index in [1.807, 2.05) is 0 Å². The fourth-order valence-electron chi connectivity index (χ4n) is 1.44. The molecule has 0 unspecified atom stereocenters. The Hall–Kier alpha value is -1.82. The molecule has 1 rings (SSSR count). The highest BCUT2D eigenvalue weighted by atomic mass is 35.5. The van der Waals surface area contributed by atoms with Crippen LogP contribution in [0.2, 0.25) is 5.15 Å². The molecule has 0 aliphatic rings. The van der Waals surface area contributed by atoms with Crippen LogP contribution in [0.5, 0.6) is 0 Å². The van der Waals surface area contributed by atoms with E-state index in [0.717, 1.165) is 5.69 Å². The average molecular weight is 314 g/mol. The van der Waals surface area contributed by atoms with E-state index in [4.69, 9.17) is 16.3 Å². The van der Waals surface area contributed by atoms with Gasteiger partial charge in [0.05, 0.1) is 5.56 Å². The zero-order valence-electron chi connectivity index (χ0n) is 12.6. The molecule has 2 N–H and O–H groups in total. The standard InChI is InChI=1S/C14H20ClN3O3/c1-9-5-6-10(11(15)18-9)12(19)16-7-8-17-13(20)21-14(2,3)4/h5-6H,7-8H2,1-4H3,(H,16,19)(H,17,20). The summed E-state index contributed by atoms with van der Waals surface area (Å²) in [5, 5.41) is 5.35. The van der Waals surface area contributed by atoms with Gasteiger partial charge in [0.15, 0.2) is 0 Å². The van der Waals surface area contributed by atoms with Crippen LogP contribution >= 0.6 is 11.6 Å². The first kappa shape index (κ1) is 17.2. The molecule has 0 spiro atoms. The second-order valence-electron chi connectivity index (χ2n) is 5.48. The molecular weight excluding hydrogens is 294 g/mol. The Bertz CT molecular complexity index is 527. The Kier molecular flexibility index (Phi) is 5.96. The van der Waals surface area contributed by atoms with Crippen LogP contribution in [0, 0.1) is 6.92 Å². The predicted octanol–water partition coefficient (Wildman–Crippen LogP) is 2.30. The SMILES string of the molecule is Cc1ccc(C(=O)NCCNC(=O)OC(C)(C)C)c(Cl)n1. The maximum Gasteiger partial charge on any atom is 0.407 e. The van der Waals surface area contributed by atoms with Crippen molar-refractivity contribution < 1.29 is 14.3 Å². The highest BCUT2D eigenvalue weighted by molar-refractivity contribution is 6.32. The maximum absolute atomic E-state index is 11.9. The third-order valence-corrected chi connectivity index (χ3v) is 2.60. The number of aromatic nitrogens is 1. The lowest BCUT2D eigenvalue weighted by molar-refractivity contribution is 0.0526. The van der Waals surface area contributed by atoms with Crippen molar-refractivity contribution in [1.82, 2.24) is 15.6 Å². The molecular formula is C14H20ClN3O3. The Morgan fingerprint density at radius 1 is 1.24 bits per heavy atom. The molecule has 0 aliphatic carbocycles. The van der Waals surface area contributed by atoms with E-state index in [-0.39, 0.29) is 24.1 Å². The molecule has 0 aliphatic heterocycles. The van der Waals surface area contributed by atoms with Crippen molar-refractivity contribution >= 4 is 23.6 Å². The van der Waals surface area contributed by atoms with Crippen LogP contribution in [0.15, 0.2) is 12.1 Å². The van der Waals surface area contributed by atoms with Gasteiger partial charge in [-0.3, -0.25) is 4.79 Å². The van der Waals surface area contributed by atoms with Gasteiger partial charge < -0.3 is 15.4 Å². The maximum atomic E-state index is 11.9. The van der Waals surface area contributed by atoms with Gasteiger partial charge in [0.1, 0.15) is 10.8 Å². The van der Waals surface area contributed by atoms with Gasteiger partial charge >= 0.3 is 6.09 Å². The summed E-state index contributed by atoms with van der Waals surface area (Å²) in [7, 11) is 0. The lowest BCUT2D eigenvalue weighted by Crippen LogP contribution is -2.37. The number of aryl methyl sites for hydroxylation is 1. The van der Waals surface area contributed by atoms with Crippen molar-refractivity contribution in [2.45, 2.75) is 33.3 Å². The number of halogens is 1. The van der Waals surface area contributed by atoms with Crippen LogP contribution in [0.4, 0.5) is 4.79 Å². The summed E-state index contributed by atoms with van der Waals surface area (Å²) < 4.78 is 5.07. The fourth-order valence-corrected chi connectivity index (χ4v) is 1.73. The van der Waals surface area contributed by atoms with Crippen molar-refractivity contribution in [2.24, 2.45) is 0 Å². The fraction of sp³-hybridized carbons (Fsp3) is 0.500. The number of alkyl carbamates (subject to hydrolysis) is 1. The molecule has 1 heterocycles. The predicted molar refractivity (Wildman–Crippen MR) is 80.6 cm³/mol. The number of hydrogen-bond acceptors (Lipinski definition) is 4. The number of rotatable bonds is 4. The highest BCUT2D eigenvalue weighted by Gasteiger charge is 2.16. The number of nitrogens with zero attached hydrogens (tertiary/aromatic N) is 1. The molecule has 1 aromatic rings. The van der Waals surface area contributed by atoms with E-state index in [0.29, 0.717) is 5.56 Å². The summed E-state index contributed by atoms with van der Waals surface area (Å²) in [4.78, 5) is 27.3. The van der Waals surface area contributed by atoms with Crippen LogP contribution in [-0.4, -0.2) is 35.7 Å². The molecule has 6 nitrogen and oxygen atoms in total. The lowest BCUT2D eigenvalue weighted by atomic mass is 10.2. The molecule has 1 aromatic heterocycles. The van der Waals surface area contributed by atoms with Gasteiger partial charge in [0.2, 0.25) is 0 Å². The summed E-state index contributed by atoms with van der Waals surface area (Å²) in [6, 6.07) is 3.32. The topological polar surface area (TPSA) is 80.3 Å². The van der Waals surface area contributed by atoms with Crippen LogP contribution in [-0.2, 0) is 4.74 Å². The molecule has 0 saturated carbocycles. The largest absolute Gasteiger partial charge is 0.444 e.